The van der Waals surface area contributed by atoms with Crippen LogP contribution in [0.2, 0.25) is 5.02 Å². The summed E-state index contributed by atoms with van der Waals surface area (Å²) in [5.41, 5.74) is -0.148. The fourth-order valence-corrected chi connectivity index (χ4v) is 1.62. The maximum absolute atomic E-state index is 10.7. The zero-order valence-corrected chi connectivity index (χ0v) is 9.26. The second-order valence-electron chi connectivity index (χ2n) is 2.82. The SMILES string of the molecule is CC(C)Sc1ncc(Cl)c(C(=O)O)n1. The molecule has 0 bridgehead atoms. The number of carboxylic acid groups (broad SMARTS) is 1. The number of nitrogens with zero attached hydrogens (tertiary/aromatic N) is 2. The van der Waals surface area contributed by atoms with Crippen molar-refractivity contribution in [2.75, 3.05) is 0 Å². The van der Waals surface area contributed by atoms with Gasteiger partial charge in [-0.2, -0.15) is 0 Å². The summed E-state index contributed by atoms with van der Waals surface area (Å²) >= 11 is 7.01. The first-order valence-electron chi connectivity index (χ1n) is 3.93. The van der Waals surface area contributed by atoms with E-state index in [9.17, 15) is 4.79 Å². The summed E-state index contributed by atoms with van der Waals surface area (Å²) in [5.74, 6) is -1.14. The Morgan fingerprint density at radius 1 is 1.64 bits per heavy atom. The van der Waals surface area contributed by atoms with Crippen LogP contribution >= 0.6 is 23.4 Å². The van der Waals surface area contributed by atoms with Crippen molar-refractivity contribution in [2.24, 2.45) is 0 Å². The van der Waals surface area contributed by atoms with E-state index in [0.717, 1.165) is 0 Å². The first kappa shape index (κ1) is 11.3. The number of carbonyl (C=O) groups is 1. The van der Waals surface area contributed by atoms with Gasteiger partial charge in [0.1, 0.15) is 0 Å². The molecule has 6 heteroatoms. The fourth-order valence-electron chi connectivity index (χ4n) is 0.769. The predicted molar refractivity (Wildman–Crippen MR) is 55.0 cm³/mol. The lowest BCUT2D eigenvalue weighted by Crippen LogP contribution is -2.04. The molecule has 1 N–H and O–H groups in total. The van der Waals surface area contributed by atoms with Crippen LogP contribution in [0.1, 0.15) is 24.3 Å². The quantitative estimate of drug-likeness (QED) is 0.640. The van der Waals surface area contributed by atoms with Gasteiger partial charge in [-0.1, -0.05) is 37.2 Å². The minimum absolute atomic E-state index is 0.0607. The highest BCUT2D eigenvalue weighted by Crippen LogP contribution is 2.21. The van der Waals surface area contributed by atoms with Crippen molar-refractivity contribution in [2.45, 2.75) is 24.3 Å². The summed E-state index contributed by atoms with van der Waals surface area (Å²) in [6.45, 7) is 3.95. The van der Waals surface area contributed by atoms with E-state index < -0.39 is 5.97 Å². The largest absolute Gasteiger partial charge is 0.476 e. The van der Waals surface area contributed by atoms with Gasteiger partial charge >= 0.3 is 5.97 Å². The Balaban J connectivity index is 3.00. The lowest BCUT2D eigenvalue weighted by molar-refractivity contribution is 0.0689. The van der Waals surface area contributed by atoms with E-state index in [-0.39, 0.29) is 10.7 Å². The molecule has 0 aliphatic rings. The third-order valence-electron chi connectivity index (χ3n) is 1.27. The molecule has 4 nitrogen and oxygen atoms in total. The maximum Gasteiger partial charge on any atom is 0.356 e. The first-order chi connectivity index (χ1) is 6.50. The van der Waals surface area contributed by atoms with Gasteiger partial charge in [0.2, 0.25) is 0 Å². The van der Waals surface area contributed by atoms with E-state index in [4.69, 9.17) is 16.7 Å². The molecular weight excluding hydrogens is 224 g/mol. The normalized spacial score (nSPS) is 10.6. The van der Waals surface area contributed by atoms with Gasteiger partial charge in [-0.3, -0.25) is 0 Å². The van der Waals surface area contributed by atoms with Gasteiger partial charge < -0.3 is 5.11 Å². The van der Waals surface area contributed by atoms with E-state index in [1.807, 2.05) is 13.8 Å². The molecule has 1 aromatic heterocycles. The number of thioether (sulfide) groups is 1. The fraction of sp³-hybridized carbons (Fsp3) is 0.375. The minimum Gasteiger partial charge on any atom is -0.476 e. The van der Waals surface area contributed by atoms with Crippen LogP contribution in [0.4, 0.5) is 0 Å². The molecule has 0 saturated heterocycles. The standard InChI is InChI=1S/C8H9ClN2O2S/c1-4(2)14-8-10-3-5(9)6(11-8)7(12)13/h3-4H,1-2H3,(H,12,13). The molecule has 0 radical (unpaired) electrons. The van der Waals surface area contributed by atoms with Crippen molar-refractivity contribution in [3.05, 3.63) is 16.9 Å². The van der Waals surface area contributed by atoms with E-state index >= 15 is 0 Å². The van der Waals surface area contributed by atoms with Gasteiger partial charge in [0.25, 0.3) is 0 Å². The average molecular weight is 233 g/mol. The number of rotatable bonds is 3. The molecule has 1 heterocycles. The summed E-state index contributed by atoms with van der Waals surface area (Å²) in [7, 11) is 0. The lowest BCUT2D eigenvalue weighted by atomic mass is 10.4. The lowest BCUT2D eigenvalue weighted by Gasteiger charge is -2.04. The Labute approximate surface area is 90.7 Å². The van der Waals surface area contributed by atoms with Crippen molar-refractivity contribution < 1.29 is 9.90 Å². The van der Waals surface area contributed by atoms with Gasteiger partial charge in [-0.15, -0.1) is 0 Å². The summed E-state index contributed by atoms with van der Waals surface area (Å²) in [5, 5.41) is 9.54. The molecule has 1 aromatic rings. The minimum atomic E-state index is -1.14. The molecule has 0 aromatic carbocycles. The topological polar surface area (TPSA) is 63.1 Å². The number of aromatic nitrogens is 2. The van der Waals surface area contributed by atoms with Crippen LogP contribution in [0.3, 0.4) is 0 Å². The third-order valence-corrected chi connectivity index (χ3v) is 2.42. The Morgan fingerprint density at radius 2 is 2.29 bits per heavy atom. The molecule has 0 amide bonds. The summed E-state index contributed by atoms with van der Waals surface area (Å²) in [6.07, 6.45) is 1.31. The van der Waals surface area contributed by atoms with Gasteiger partial charge in [-0.05, 0) is 0 Å². The summed E-state index contributed by atoms with van der Waals surface area (Å²) < 4.78 is 0. The van der Waals surface area contributed by atoms with Gasteiger partial charge in [0, 0.05) is 5.25 Å². The van der Waals surface area contributed by atoms with Gasteiger partial charge in [0.15, 0.2) is 10.9 Å². The molecule has 14 heavy (non-hydrogen) atoms. The number of carboxylic acids is 1. The summed E-state index contributed by atoms with van der Waals surface area (Å²) in [6, 6.07) is 0. The highest BCUT2D eigenvalue weighted by atomic mass is 35.5. The second kappa shape index (κ2) is 4.61. The van der Waals surface area contributed by atoms with E-state index in [1.165, 1.54) is 18.0 Å². The van der Waals surface area contributed by atoms with E-state index in [2.05, 4.69) is 9.97 Å². The van der Waals surface area contributed by atoms with Crippen LogP contribution in [-0.2, 0) is 0 Å². The Hall–Kier alpha value is -0.810. The average Bonchev–Trinajstić information content (AvgIpc) is 2.07. The molecule has 0 spiro atoms. The second-order valence-corrected chi connectivity index (χ2v) is 4.77. The molecule has 76 valence electrons. The number of halogens is 1. The van der Waals surface area contributed by atoms with Crippen LogP contribution in [0.5, 0.6) is 0 Å². The van der Waals surface area contributed by atoms with Crippen molar-refractivity contribution in [1.29, 1.82) is 0 Å². The maximum atomic E-state index is 10.7. The van der Waals surface area contributed by atoms with Gasteiger partial charge in [0.05, 0.1) is 11.2 Å². The number of aromatic carboxylic acids is 1. The van der Waals surface area contributed by atoms with Crippen LogP contribution in [-0.4, -0.2) is 26.3 Å². The van der Waals surface area contributed by atoms with E-state index in [0.29, 0.717) is 10.4 Å². The smallest absolute Gasteiger partial charge is 0.356 e. The zero-order chi connectivity index (χ0) is 10.7. The monoisotopic (exact) mass is 232 g/mol. The Morgan fingerprint density at radius 3 is 2.79 bits per heavy atom. The highest BCUT2D eigenvalue weighted by Gasteiger charge is 2.13. The summed E-state index contributed by atoms with van der Waals surface area (Å²) in [4.78, 5) is 18.4. The van der Waals surface area contributed by atoms with Crippen LogP contribution < -0.4 is 0 Å². The van der Waals surface area contributed by atoms with Crippen LogP contribution in [0.15, 0.2) is 11.4 Å². The molecular formula is C8H9ClN2O2S. The zero-order valence-electron chi connectivity index (χ0n) is 7.69. The van der Waals surface area contributed by atoms with E-state index in [1.54, 1.807) is 0 Å². The third kappa shape index (κ3) is 2.85. The Bertz CT molecular complexity index is 357. The predicted octanol–water partition coefficient (Wildman–Crippen LogP) is 2.33. The van der Waals surface area contributed by atoms with Crippen molar-refractivity contribution in [3.8, 4) is 0 Å². The Kier molecular flexibility index (Phi) is 3.71. The molecule has 0 aliphatic carbocycles. The van der Waals surface area contributed by atoms with Gasteiger partial charge in [-0.25, -0.2) is 14.8 Å². The molecule has 0 aliphatic heterocycles. The van der Waals surface area contributed by atoms with Crippen molar-refractivity contribution in [1.82, 2.24) is 9.97 Å². The molecule has 0 fully saturated rings. The van der Waals surface area contributed by atoms with Crippen LogP contribution in [0.25, 0.3) is 0 Å². The first-order valence-corrected chi connectivity index (χ1v) is 5.19. The molecule has 0 atom stereocenters. The molecule has 0 unspecified atom stereocenters. The van der Waals surface area contributed by atoms with Crippen LogP contribution in [0, 0.1) is 0 Å². The number of hydrogen-bond acceptors (Lipinski definition) is 4. The van der Waals surface area contributed by atoms with Crippen molar-refractivity contribution in [3.63, 3.8) is 0 Å². The highest BCUT2D eigenvalue weighted by molar-refractivity contribution is 7.99. The van der Waals surface area contributed by atoms with Crippen molar-refractivity contribution >= 4 is 29.3 Å². The molecule has 0 saturated carbocycles. The number of hydrogen-bond donors (Lipinski definition) is 1. The molecule has 1 rings (SSSR count).